The second-order valence-electron chi connectivity index (χ2n) is 6.12. The third-order valence-electron chi connectivity index (χ3n) is 4.53. The number of ether oxygens (including phenoxy) is 1. The molecule has 1 saturated carbocycles. The molecule has 1 amide bonds. The first kappa shape index (κ1) is 21.7. The molecule has 1 aliphatic carbocycles. The fourth-order valence-electron chi connectivity index (χ4n) is 3.19. The predicted molar refractivity (Wildman–Crippen MR) is 98.5 cm³/mol. The highest BCUT2D eigenvalue weighted by Crippen LogP contribution is 2.27. The van der Waals surface area contributed by atoms with Crippen LogP contribution in [0.5, 0.6) is 5.75 Å². The number of rotatable bonds is 6. The van der Waals surface area contributed by atoms with E-state index in [-0.39, 0.29) is 28.9 Å². The van der Waals surface area contributed by atoms with Crippen molar-refractivity contribution in [3.8, 4) is 5.75 Å². The highest BCUT2D eigenvalue weighted by molar-refractivity contribution is 7.89. The van der Waals surface area contributed by atoms with Crippen LogP contribution < -0.4 is 20.9 Å². The monoisotopic (exact) mass is 391 g/mol. The Bertz CT molecular complexity index is 691. The third-order valence-corrected chi connectivity index (χ3v) is 5.44. The molecule has 0 aliphatic heterocycles. The summed E-state index contributed by atoms with van der Waals surface area (Å²) in [5, 5.41) is 8.07. The zero-order chi connectivity index (χ0) is 17.7. The van der Waals surface area contributed by atoms with Gasteiger partial charge in [-0.25, -0.2) is 13.6 Å². The van der Waals surface area contributed by atoms with E-state index in [2.05, 4.69) is 5.32 Å². The number of hydrogen-bond donors (Lipinski definition) is 3. The van der Waals surface area contributed by atoms with Gasteiger partial charge in [-0.15, -0.1) is 12.4 Å². The Balaban J connectivity index is 0.00000312. The van der Waals surface area contributed by atoms with Crippen molar-refractivity contribution in [3.05, 3.63) is 23.8 Å². The highest BCUT2D eigenvalue weighted by Gasteiger charge is 2.26. The van der Waals surface area contributed by atoms with Gasteiger partial charge < -0.3 is 15.8 Å². The second kappa shape index (κ2) is 9.38. The number of nitrogens with two attached hydrogens (primary N) is 2. The molecule has 0 heterocycles. The van der Waals surface area contributed by atoms with Crippen LogP contribution in [0.2, 0.25) is 0 Å². The van der Waals surface area contributed by atoms with E-state index in [9.17, 15) is 13.2 Å². The Labute approximate surface area is 154 Å². The molecular weight excluding hydrogens is 366 g/mol. The molecule has 0 radical (unpaired) electrons. The minimum atomic E-state index is -3.90. The normalized spacial score (nSPS) is 16.6. The van der Waals surface area contributed by atoms with Crippen LogP contribution in [0.3, 0.4) is 0 Å². The molecule has 7 nitrogen and oxygen atoms in total. The van der Waals surface area contributed by atoms with Crippen molar-refractivity contribution in [2.75, 3.05) is 13.7 Å². The van der Waals surface area contributed by atoms with E-state index in [0.29, 0.717) is 18.2 Å². The van der Waals surface area contributed by atoms with E-state index >= 15 is 0 Å². The number of carbonyl (C=O) groups excluding carboxylic acids is 1. The van der Waals surface area contributed by atoms with Crippen LogP contribution >= 0.6 is 12.4 Å². The number of nitrogens with one attached hydrogen (secondary N) is 1. The minimum absolute atomic E-state index is 0. The van der Waals surface area contributed by atoms with Crippen molar-refractivity contribution in [3.63, 3.8) is 0 Å². The maximum Gasteiger partial charge on any atom is 0.255 e. The molecule has 0 bridgehead atoms. The quantitative estimate of drug-likeness (QED) is 0.676. The van der Waals surface area contributed by atoms with Gasteiger partial charge in [-0.2, -0.15) is 0 Å². The minimum Gasteiger partial charge on any atom is -0.496 e. The van der Waals surface area contributed by atoms with Crippen molar-refractivity contribution >= 4 is 28.3 Å². The number of halogens is 1. The highest BCUT2D eigenvalue weighted by atomic mass is 35.5. The summed E-state index contributed by atoms with van der Waals surface area (Å²) in [6.07, 6.45) is 5.57. The van der Waals surface area contributed by atoms with E-state index in [1.165, 1.54) is 31.7 Å². The number of amides is 1. The second-order valence-corrected chi connectivity index (χ2v) is 7.68. The topological polar surface area (TPSA) is 125 Å². The summed E-state index contributed by atoms with van der Waals surface area (Å²) in [5.41, 5.74) is 5.98. The van der Waals surface area contributed by atoms with Gasteiger partial charge in [-0.3, -0.25) is 4.79 Å². The van der Waals surface area contributed by atoms with Crippen LogP contribution in [0.4, 0.5) is 0 Å². The van der Waals surface area contributed by atoms with Crippen LogP contribution in [-0.2, 0) is 10.0 Å². The summed E-state index contributed by atoms with van der Waals surface area (Å²) < 4.78 is 28.2. The van der Waals surface area contributed by atoms with Gasteiger partial charge in [0.15, 0.2) is 0 Å². The molecule has 25 heavy (non-hydrogen) atoms. The summed E-state index contributed by atoms with van der Waals surface area (Å²) in [6.45, 7) is 0.341. The van der Waals surface area contributed by atoms with Crippen LogP contribution in [-0.4, -0.2) is 34.0 Å². The van der Waals surface area contributed by atoms with Crippen LogP contribution in [0.1, 0.15) is 42.5 Å². The molecule has 5 N–H and O–H groups in total. The molecule has 1 aliphatic rings. The van der Waals surface area contributed by atoms with Gasteiger partial charge in [0, 0.05) is 12.6 Å². The van der Waals surface area contributed by atoms with E-state index in [1.54, 1.807) is 0 Å². The summed E-state index contributed by atoms with van der Waals surface area (Å²) >= 11 is 0. The van der Waals surface area contributed by atoms with Gasteiger partial charge in [0.2, 0.25) is 10.0 Å². The molecule has 1 atom stereocenters. The summed E-state index contributed by atoms with van der Waals surface area (Å²) in [4.78, 5) is 12.5. The van der Waals surface area contributed by atoms with Crippen molar-refractivity contribution in [1.82, 2.24) is 5.32 Å². The number of methoxy groups -OCH3 is 1. The maximum absolute atomic E-state index is 12.6. The maximum atomic E-state index is 12.6. The number of primary sulfonamides is 1. The van der Waals surface area contributed by atoms with Crippen LogP contribution in [0, 0.1) is 5.92 Å². The Hall–Kier alpha value is -1.35. The lowest BCUT2D eigenvalue weighted by molar-refractivity contribution is 0.0912. The Morgan fingerprint density at radius 3 is 2.48 bits per heavy atom. The molecule has 9 heteroatoms. The predicted octanol–water partition coefficient (Wildman–Crippen LogP) is 1.40. The van der Waals surface area contributed by atoms with Gasteiger partial charge in [0.1, 0.15) is 5.75 Å². The van der Waals surface area contributed by atoms with E-state index in [1.807, 2.05) is 0 Å². The zero-order valence-corrected chi connectivity index (χ0v) is 15.9. The largest absolute Gasteiger partial charge is 0.496 e. The summed E-state index contributed by atoms with van der Waals surface area (Å²) in [7, 11) is -2.48. The van der Waals surface area contributed by atoms with Crippen LogP contribution in [0.25, 0.3) is 0 Å². The molecule has 1 aromatic rings. The molecule has 1 aromatic carbocycles. The van der Waals surface area contributed by atoms with E-state index in [0.717, 1.165) is 25.7 Å². The average Bonchev–Trinajstić information content (AvgIpc) is 2.58. The van der Waals surface area contributed by atoms with Gasteiger partial charge in [0.25, 0.3) is 5.91 Å². The molecule has 0 saturated heterocycles. The first-order valence-corrected chi connectivity index (χ1v) is 9.63. The Morgan fingerprint density at radius 1 is 1.32 bits per heavy atom. The molecule has 0 spiro atoms. The third kappa shape index (κ3) is 5.57. The standard InChI is InChI=1S/C16H25N3O4S.ClH/c1-23-15-8-7-12(24(18,21)22)9-13(15)16(20)19-14(10-17)11-5-3-2-4-6-11;/h7-9,11,14H,2-6,10,17H2,1H3,(H,19,20)(H2,18,21,22);1H. The Morgan fingerprint density at radius 2 is 1.96 bits per heavy atom. The molecule has 1 fully saturated rings. The van der Waals surface area contributed by atoms with Crippen molar-refractivity contribution in [2.24, 2.45) is 16.8 Å². The summed E-state index contributed by atoms with van der Waals surface area (Å²) in [6, 6.07) is 3.83. The fraction of sp³-hybridized carbons (Fsp3) is 0.562. The van der Waals surface area contributed by atoms with Gasteiger partial charge in [0.05, 0.1) is 17.6 Å². The van der Waals surface area contributed by atoms with Crippen molar-refractivity contribution in [1.29, 1.82) is 0 Å². The Kier molecular flexibility index (Phi) is 8.14. The first-order valence-electron chi connectivity index (χ1n) is 8.08. The molecular formula is C16H26ClN3O4S. The van der Waals surface area contributed by atoms with Crippen LogP contribution in [0.15, 0.2) is 23.1 Å². The summed E-state index contributed by atoms with van der Waals surface area (Å²) in [5.74, 6) is 0.234. The molecule has 142 valence electrons. The number of hydrogen-bond acceptors (Lipinski definition) is 5. The molecule has 0 aromatic heterocycles. The fourth-order valence-corrected chi connectivity index (χ4v) is 3.73. The molecule has 1 unspecified atom stereocenters. The lowest BCUT2D eigenvalue weighted by atomic mass is 9.84. The van der Waals surface area contributed by atoms with Gasteiger partial charge in [-0.05, 0) is 37.0 Å². The van der Waals surface area contributed by atoms with Gasteiger partial charge in [-0.1, -0.05) is 19.3 Å². The van der Waals surface area contributed by atoms with Crippen molar-refractivity contribution in [2.45, 2.75) is 43.0 Å². The number of carbonyl (C=O) groups is 1. The SMILES string of the molecule is COc1ccc(S(N)(=O)=O)cc1C(=O)NC(CN)C1CCCCC1.Cl. The number of benzene rings is 1. The first-order chi connectivity index (χ1) is 11.4. The number of sulfonamides is 1. The lowest BCUT2D eigenvalue weighted by Crippen LogP contribution is -2.46. The molecule has 2 rings (SSSR count). The van der Waals surface area contributed by atoms with E-state index in [4.69, 9.17) is 15.6 Å². The van der Waals surface area contributed by atoms with Crippen molar-refractivity contribution < 1.29 is 17.9 Å². The van der Waals surface area contributed by atoms with Gasteiger partial charge >= 0.3 is 0 Å². The smallest absolute Gasteiger partial charge is 0.255 e. The zero-order valence-electron chi connectivity index (χ0n) is 14.2. The average molecular weight is 392 g/mol. The lowest BCUT2D eigenvalue weighted by Gasteiger charge is -2.30. The van der Waals surface area contributed by atoms with E-state index < -0.39 is 15.9 Å².